The number of amides is 1. The Kier molecular flexibility index (Phi) is 4.74. The SMILES string of the molecule is O=C(O)C1CN(C(=O)OCC2c3ccccc3-c3ccccc32)C2(CCOCC2)C1. The van der Waals surface area contributed by atoms with Crippen molar-refractivity contribution in [2.75, 3.05) is 26.4 Å². The second kappa shape index (κ2) is 7.43. The molecule has 0 bridgehead atoms. The number of hydrogen-bond donors (Lipinski definition) is 1. The van der Waals surface area contributed by atoms with Crippen LogP contribution in [0.4, 0.5) is 4.79 Å². The van der Waals surface area contributed by atoms with E-state index >= 15 is 0 Å². The number of fused-ring (bicyclic) bond motifs is 3. The Balaban J connectivity index is 1.36. The third kappa shape index (κ3) is 3.06. The molecular weight excluding hydrogens is 382 g/mol. The Morgan fingerprint density at radius 2 is 1.63 bits per heavy atom. The fourth-order valence-corrected chi connectivity index (χ4v) is 5.38. The Bertz CT molecular complexity index is 936. The number of nitrogens with zero attached hydrogens (tertiary/aromatic N) is 1. The van der Waals surface area contributed by atoms with Gasteiger partial charge in [-0.2, -0.15) is 0 Å². The predicted octanol–water partition coefficient (Wildman–Crippen LogP) is 3.89. The maximum Gasteiger partial charge on any atom is 0.410 e. The van der Waals surface area contributed by atoms with Gasteiger partial charge in [0.1, 0.15) is 6.61 Å². The van der Waals surface area contributed by atoms with Crippen LogP contribution in [0.15, 0.2) is 48.5 Å². The van der Waals surface area contributed by atoms with E-state index in [4.69, 9.17) is 9.47 Å². The molecule has 6 heteroatoms. The number of rotatable bonds is 3. The molecule has 0 radical (unpaired) electrons. The summed E-state index contributed by atoms with van der Waals surface area (Å²) in [4.78, 5) is 26.4. The van der Waals surface area contributed by atoms with E-state index in [1.54, 1.807) is 4.90 Å². The van der Waals surface area contributed by atoms with Crippen molar-refractivity contribution in [3.05, 3.63) is 59.7 Å². The molecule has 2 fully saturated rings. The quantitative estimate of drug-likeness (QED) is 0.835. The molecule has 156 valence electrons. The molecule has 1 spiro atoms. The molecule has 2 aromatic carbocycles. The van der Waals surface area contributed by atoms with E-state index in [-0.39, 0.29) is 19.1 Å². The van der Waals surface area contributed by atoms with Crippen LogP contribution in [-0.4, -0.2) is 54.0 Å². The Morgan fingerprint density at radius 1 is 1.03 bits per heavy atom. The zero-order valence-electron chi connectivity index (χ0n) is 16.8. The first-order chi connectivity index (χ1) is 14.6. The van der Waals surface area contributed by atoms with Crippen molar-refractivity contribution in [2.45, 2.75) is 30.7 Å². The molecule has 1 unspecified atom stereocenters. The highest BCUT2D eigenvalue weighted by molar-refractivity contribution is 5.79. The summed E-state index contributed by atoms with van der Waals surface area (Å²) in [5.74, 6) is -1.41. The van der Waals surface area contributed by atoms with Gasteiger partial charge in [0, 0.05) is 25.7 Å². The van der Waals surface area contributed by atoms with Crippen LogP contribution in [0.25, 0.3) is 11.1 Å². The van der Waals surface area contributed by atoms with Crippen LogP contribution < -0.4 is 0 Å². The zero-order valence-corrected chi connectivity index (χ0v) is 16.8. The van der Waals surface area contributed by atoms with Crippen molar-refractivity contribution in [3.63, 3.8) is 0 Å². The average Bonchev–Trinajstić information content (AvgIpc) is 3.29. The van der Waals surface area contributed by atoms with E-state index in [2.05, 4.69) is 24.3 Å². The molecule has 1 amide bonds. The highest BCUT2D eigenvalue weighted by Crippen LogP contribution is 2.45. The highest BCUT2D eigenvalue weighted by atomic mass is 16.6. The summed E-state index contributed by atoms with van der Waals surface area (Å²) in [5, 5.41) is 9.54. The third-order valence-corrected chi connectivity index (χ3v) is 6.93. The van der Waals surface area contributed by atoms with E-state index in [0.717, 1.165) is 11.1 Å². The molecule has 30 heavy (non-hydrogen) atoms. The lowest BCUT2D eigenvalue weighted by Gasteiger charge is -2.40. The minimum Gasteiger partial charge on any atom is -0.481 e. The van der Waals surface area contributed by atoms with Gasteiger partial charge in [-0.3, -0.25) is 4.79 Å². The molecule has 5 rings (SSSR count). The molecule has 2 saturated heterocycles. The van der Waals surface area contributed by atoms with Gasteiger partial charge in [0.2, 0.25) is 0 Å². The number of aliphatic carboxylic acids is 1. The first-order valence-electron chi connectivity index (χ1n) is 10.5. The number of benzene rings is 2. The summed E-state index contributed by atoms with van der Waals surface area (Å²) < 4.78 is 11.3. The lowest BCUT2D eigenvalue weighted by atomic mass is 9.85. The van der Waals surface area contributed by atoms with Gasteiger partial charge in [-0.15, -0.1) is 0 Å². The molecule has 0 saturated carbocycles. The minimum absolute atomic E-state index is 0.00939. The molecule has 2 aliphatic heterocycles. The largest absolute Gasteiger partial charge is 0.481 e. The van der Waals surface area contributed by atoms with Crippen LogP contribution in [-0.2, 0) is 14.3 Å². The topological polar surface area (TPSA) is 76.1 Å². The first kappa shape index (κ1) is 19.1. The first-order valence-corrected chi connectivity index (χ1v) is 10.5. The molecule has 2 aromatic rings. The molecule has 1 atom stereocenters. The summed E-state index contributed by atoms with van der Waals surface area (Å²) in [7, 11) is 0. The number of hydrogen-bond acceptors (Lipinski definition) is 4. The number of ether oxygens (including phenoxy) is 2. The molecule has 6 nitrogen and oxygen atoms in total. The third-order valence-electron chi connectivity index (χ3n) is 6.93. The van der Waals surface area contributed by atoms with Crippen molar-refractivity contribution in [3.8, 4) is 11.1 Å². The van der Waals surface area contributed by atoms with Crippen LogP contribution >= 0.6 is 0 Å². The van der Waals surface area contributed by atoms with Gasteiger partial charge in [0.05, 0.1) is 11.5 Å². The van der Waals surface area contributed by atoms with Crippen molar-refractivity contribution in [1.29, 1.82) is 0 Å². The Hall–Kier alpha value is -2.86. The number of carboxylic acid groups (broad SMARTS) is 1. The van der Waals surface area contributed by atoms with Gasteiger partial charge in [-0.25, -0.2) is 4.79 Å². The van der Waals surface area contributed by atoms with E-state index < -0.39 is 23.5 Å². The van der Waals surface area contributed by atoms with Gasteiger partial charge in [0.15, 0.2) is 0 Å². The molecule has 2 heterocycles. The summed E-state index contributed by atoms with van der Waals surface area (Å²) in [6.45, 7) is 1.53. The zero-order chi connectivity index (χ0) is 20.7. The van der Waals surface area contributed by atoms with Gasteiger partial charge in [-0.05, 0) is 41.5 Å². The normalized spacial score (nSPS) is 22.0. The fourth-order valence-electron chi connectivity index (χ4n) is 5.38. The average molecular weight is 407 g/mol. The van der Waals surface area contributed by atoms with Crippen molar-refractivity contribution in [2.24, 2.45) is 5.92 Å². The predicted molar refractivity (Wildman–Crippen MR) is 110 cm³/mol. The minimum atomic E-state index is -0.852. The second-order valence-corrected chi connectivity index (χ2v) is 8.49. The smallest absolute Gasteiger partial charge is 0.410 e. The second-order valence-electron chi connectivity index (χ2n) is 8.49. The van der Waals surface area contributed by atoms with E-state index in [0.29, 0.717) is 32.5 Å². The van der Waals surface area contributed by atoms with Crippen molar-refractivity contribution in [1.82, 2.24) is 4.90 Å². The molecule has 1 aliphatic carbocycles. The van der Waals surface area contributed by atoms with Gasteiger partial charge in [0.25, 0.3) is 0 Å². The summed E-state index contributed by atoms with van der Waals surface area (Å²) in [6.07, 6.45) is 1.36. The molecule has 1 N–H and O–H groups in total. The van der Waals surface area contributed by atoms with E-state index in [1.807, 2.05) is 24.3 Å². The lowest BCUT2D eigenvalue weighted by molar-refractivity contribution is -0.141. The van der Waals surface area contributed by atoms with E-state index in [1.165, 1.54) is 11.1 Å². The molecule has 0 aromatic heterocycles. The van der Waals surface area contributed by atoms with Gasteiger partial charge in [-0.1, -0.05) is 48.5 Å². The standard InChI is InChI=1S/C24H25NO5/c26-22(27)16-13-24(9-11-29-12-10-24)25(14-16)23(28)30-15-21-19-7-3-1-5-17(19)18-6-2-4-8-20(18)21/h1-8,16,21H,9-15H2,(H,26,27). The molecule has 3 aliphatic rings. The van der Waals surface area contributed by atoms with E-state index in [9.17, 15) is 14.7 Å². The monoisotopic (exact) mass is 407 g/mol. The molecular formula is C24H25NO5. The summed E-state index contributed by atoms with van der Waals surface area (Å²) in [6, 6.07) is 16.4. The Morgan fingerprint density at radius 3 is 2.23 bits per heavy atom. The van der Waals surface area contributed by atoms with Crippen LogP contribution in [0.3, 0.4) is 0 Å². The van der Waals surface area contributed by atoms with Crippen LogP contribution in [0.5, 0.6) is 0 Å². The highest BCUT2D eigenvalue weighted by Gasteiger charge is 2.51. The lowest BCUT2D eigenvalue weighted by Crippen LogP contribution is -2.51. The van der Waals surface area contributed by atoms with Crippen LogP contribution in [0, 0.1) is 5.92 Å². The fraction of sp³-hybridized carbons (Fsp3) is 0.417. The maximum atomic E-state index is 13.1. The van der Waals surface area contributed by atoms with Gasteiger partial charge >= 0.3 is 12.1 Å². The summed E-state index contributed by atoms with van der Waals surface area (Å²) in [5.41, 5.74) is 4.22. The van der Waals surface area contributed by atoms with Gasteiger partial charge < -0.3 is 19.5 Å². The number of carbonyl (C=O) groups is 2. The Labute approximate surface area is 175 Å². The van der Waals surface area contributed by atoms with Crippen molar-refractivity contribution >= 4 is 12.1 Å². The number of carbonyl (C=O) groups excluding carboxylic acids is 1. The van der Waals surface area contributed by atoms with Crippen LogP contribution in [0.2, 0.25) is 0 Å². The van der Waals surface area contributed by atoms with Crippen LogP contribution in [0.1, 0.15) is 36.3 Å². The number of carboxylic acids is 1. The number of likely N-dealkylation sites (tertiary alicyclic amines) is 1. The maximum absolute atomic E-state index is 13.1. The summed E-state index contributed by atoms with van der Waals surface area (Å²) >= 11 is 0. The van der Waals surface area contributed by atoms with Crippen molar-refractivity contribution < 1.29 is 24.2 Å².